The minimum Gasteiger partial charge on any atom is -0.477 e. The quantitative estimate of drug-likeness (QED) is 0.0211. The van der Waals surface area contributed by atoms with Crippen LogP contribution in [0.4, 0.5) is 0 Å². The minimum absolute atomic E-state index is 0.183. The van der Waals surface area contributed by atoms with E-state index in [1.54, 1.807) is 0 Å². The van der Waals surface area contributed by atoms with Crippen molar-refractivity contribution >= 4 is 17.9 Å². The van der Waals surface area contributed by atoms with Gasteiger partial charge in [0, 0.05) is 12.8 Å². The van der Waals surface area contributed by atoms with Crippen molar-refractivity contribution in [3.8, 4) is 0 Å². The Hall–Kier alpha value is -3.27. The van der Waals surface area contributed by atoms with Gasteiger partial charge in [-0.15, -0.1) is 0 Å². The molecule has 9 heteroatoms. The summed E-state index contributed by atoms with van der Waals surface area (Å²) in [7, 11) is 5.97. The highest BCUT2D eigenvalue weighted by Crippen LogP contribution is 2.17. The third-order valence-electron chi connectivity index (χ3n) is 14.0. The number of carboxylic acid groups (broad SMARTS) is 1. The van der Waals surface area contributed by atoms with Crippen LogP contribution in [-0.2, 0) is 33.3 Å². The second-order valence-corrected chi connectivity index (χ2v) is 22.7. The fourth-order valence-electron chi connectivity index (χ4n) is 9.08. The van der Waals surface area contributed by atoms with E-state index in [1.807, 2.05) is 21.1 Å². The van der Waals surface area contributed by atoms with E-state index in [2.05, 4.69) is 86.8 Å². The number of carbonyl (C=O) groups is 3. The summed E-state index contributed by atoms with van der Waals surface area (Å²) in [6, 6.07) is 0. The molecular weight excluding hydrogens is 959 g/mol. The van der Waals surface area contributed by atoms with Crippen LogP contribution in [0.2, 0.25) is 0 Å². The number of quaternary nitrogens is 1. The van der Waals surface area contributed by atoms with Crippen LogP contribution in [-0.4, -0.2) is 87.4 Å². The third kappa shape index (κ3) is 60.2. The number of hydrogen-bond donors (Lipinski definition) is 1. The van der Waals surface area contributed by atoms with Crippen molar-refractivity contribution in [3.05, 3.63) is 72.9 Å². The number of ether oxygens (including phenoxy) is 4. The molecule has 0 radical (unpaired) electrons. The molecule has 0 aliphatic rings. The first-order chi connectivity index (χ1) is 37.6. The topological polar surface area (TPSA) is 108 Å². The van der Waals surface area contributed by atoms with Gasteiger partial charge in [-0.05, 0) is 64.2 Å². The van der Waals surface area contributed by atoms with Gasteiger partial charge in [0.1, 0.15) is 13.2 Å². The Morgan fingerprint density at radius 3 is 1.10 bits per heavy atom. The zero-order chi connectivity index (χ0) is 56.2. The number of carboxylic acids is 1. The molecule has 0 spiro atoms. The lowest BCUT2D eigenvalue weighted by atomic mass is 10.0. The molecule has 0 aliphatic carbocycles. The van der Waals surface area contributed by atoms with Gasteiger partial charge in [0.15, 0.2) is 6.10 Å². The predicted octanol–water partition coefficient (Wildman–Crippen LogP) is 19.4. The molecule has 2 atom stereocenters. The van der Waals surface area contributed by atoms with Gasteiger partial charge >= 0.3 is 17.9 Å². The number of allylic oxidation sites excluding steroid dienone is 12. The molecule has 77 heavy (non-hydrogen) atoms. The number of aliphatic carboxylic acids is 1. The van der Waals surface area contributed by atoms with Crippen LogP contribution in [0, 0.1) is 0 Å². The number of esters is 2. The fraction of sp³-hybridized carbons (Fsp3) is 0.779. The van der Waals surface area contributed by atoms with E-state index in [0.29, 0.717) is 23.9 Å². The molecule has 9 nitrogen and oxygen atoms in total. The van der Waals surface area contributed by atoms with Crippen molar-refractivity contribution in [2.45, 2.75) is 296 Å². The Balaban J connectivity index is 4.20. The molecule has 0 aliphatic heterocycles. The molecule has 0 fully saturated rings. The number of hydrogen-bond acceptors (Lipinski definition) is 7. The van der Waals surface area contributed by atoms with Gasteiger partial charge in [0.2, 0.25) is 0 Å². The van der Waals surface area contributed by atoms with Crippen LogP contribution in [0.1, 0.15) is 284 Å². The largest absolute Gasteiger partial charge is 0.477 e. The van der Waals surface area contributed by atoms with E-state index in [9.17, 15) is 19.5 Å². The lowest BCUT2D eigenvalue weighted by Gasteiger charge is -2.25. The molecule has 0 amide bonds. The van der Waals surface area contributed by atoms with Gasteiger partial charge in [-0.2, -0.15) is 0 Å². The molecule has 1 N–H and O–H groups in total. The van der Waals surface area contributed by atoms with Crippen molar-refractivity contribution in [1.82, 2.24) is 0 Å². The lowest BCUT2D eigenvalue weighted by Crippen LogP contribution is -2.40. The fourth-order valence-corrected chi connectivity index (χ4v) is 9.08. The molecule has 446 valence electrons. The molecule has 2 unspecified atom stereocenters. The normalized spacial score (nSPS) is 13.2. The number of rotatable bonds is 59. The van der Waals surface area contributed by atoms with Crippen molar-refractivity contribution in [2.24, 2.45) is 0 Å². The highest BCUT2D eigenvalue weighted by Gasteiger charge is 2.25. The van der Waals surface area contributed by atoms with E-state index in [4.69, 9.17) is 18.9 Å². The smallest absolute Gasteiger partial charge is 0.361 e. The molecule has 0 aromatic heterocycles. The van der Waals surface area contributed by atoms with Crippen LogP contribution in [0.25, 0.3) is 0 Å². The van der Waals surface area contributed by atoms with E-state index >= 15 is 0 Å². The Morgan fingerprint density at radius 1 is 0.403 bits per heavy atom. The predicted molar refractivity (Wildman–Crippen MR) is 327 cm³/mol. The Labute approximate surface area is 475 Å². The summed E-state index contributed by atoms with van der Waals surface area (Å²) in [4.78, 5) is 37.5. The maximum absolute atomic E-state index is 12.9. The zero-order valence-corrected chi connectivity index (χ0v) is 50.9. The van der Waals surface area contributed by atoms with Crippen LogP contribution in [0.5, 0.6) is 0 Å². The summed E-state index contributed by atoms with van der Waals surface area (Å²) in [5.74, 6) is -2.02. The minimum atomic E-state index is -1.52. The Kier molecular flexibility index (Phi) is 56.4. The molecule has 0 bridgehead atoms. The van der Waals surface area contributed by atoms with Crippen LogP contribution in [0.3, 0.4) is 0 Å². The summed E-state index contributed by atoms with van der Waals surface area (Å²) in [6.45, 7) is 4.78. The number of unbranched alkanes of at least 4 members (excludes halogenated alkanes) is 32. The van der Waals surface area contributed by atoms with Crippen molar-refractivity contribution in [1.29, 1.82) is 0 Å². The Bertz CT molecular complexity index is 1490. The summed E-state index contributed by atoms with van der Waals surface area (Å²) in [6.07, 6.45) is 74.3. The van der Waals surface area contributed by atoms with Gasteiger partial charge in [-0.25, -0.2) is 4.79 Å². The van der Waals surface area contributed by atoms with Crippen molar-refractivity contribution < 1.29 is 42.9 Å². The molecule has 0 aromatic rings. The van der Waals surface area contributed by atoms with E-state index in [0.717, 1.165) is 96.3 Å². The van der Waals surface area contributed by atoms with Crippen molar-refractivity contribution in [3.63, 3.8) is 0 Å². The molecule has 0 saturated heterocycles. The van der Waals surface area contributed by atoms with Crippen molar-refractivity contribution in [2.75, 3.05) is 47.5 Å². The molecule has 0 rings (SSSR count). The van der Waals surface area contributed by atoms with Crippen LogP contribution in [0.15, 0.2) is 72.9 Å². The summed E-state index contributed by atoms with van der Waals surface area (Å²) in [5, 5.41) is 9.72. The molecule has 0 aromatic carbocycles. The average molecular weight is 1080 g/mol. The van der Waals surface area contributed by atoms with E-state index < -0.39 is 24.3 Å². The number of carbonyl (C=O) groups excluding carboxylic acids is 2. The molecular formula is C68H122NO8+. The molecule has 0 saturated carbocycles. The zero-order valence-electron chi connectivity index (χ0n) is 50.9. The van der Waals surface area contributed by atoms with E-state index in [-0.39, 0.29) is 32.2 Å². The average Bonchev–Trinajstić information content (AvgIpc) is 3.40. The Morgan fingerprint density at radius 2 is 0.740 bits per heavy atom. The van der Waals surface area contributed by atoms with Gasteiger partial charge in [-0.1, -0.05) is 279 Å². The summed E-state index contributed by atoms with van der Waals surface area (Å²) >= 11 is 0. The highest BCUT2D eigenvalue weighted by atomic mass is 16.7. The van der Waals surface area contributed by atoms with Gasteiger partial charge in [-0.3, -0.25) is 9.59 Å². The maximum atomic E-state index is 12.9. The summed E-state index contributed by atoms with van der Waals surface area (Å²) < 4.78 is 22.9. The number of nitrogens with zero attached hydrogens (tertiary/aromatic N) is 1. The standard InChI is InChI=1S/C68H121NO8/c1-6-8-10-12-14-16-18-20-22-24-26-28-30-32-33-35-36-38-40-42-44-46-48-50-52-54-56-58-65(70)75-62-64(63-76-68(67(72)73)74-61-60-69(3,4)5)77-66(71)59-57-55-53-51-49-47-45-43-41-39-37-34-31-29-27-25-23-21-19-17-15-13-11-9-7-2/h9,11,15,17,21,23,27,29,34,37,41,43,64,68H,6-8,10,12-14,16,18-20,22,24-26,28,30-33,35-36,38-40,42,44-63H2,1-5H3/p+1/b11-9-,17-15-,23-21-,29-27-,37-34-,43-41-. The third-order valence-corrected chi connectivity index (χ3v) is 14.0. The van der Waals surface area contributed by atoms with E-state index in [1.165, 1.54) is 154 Å². The lowest BCUT2D eigenvalue weighted by molar-refractivity contribution is -0.870. The van der Waals surface area contributed by atoms with Gasteiger partial charge in [0.25, 0.3) is 6.29 Å². The van der Waals surface area contributed by atoms with Gasteiger partial charge in [0.05, 0.1) is 34.4 Å². The SMILES string of the molecule is CC/C=C\C/C=C\C/C=C\C/C=C\C/C=C\C/C=C\CCCCCCCCC(=O)OC(COC(=O)CCCCCCCCCCCCCCCCCCCCCCCCCCCCC)COC(OCC[N+](C)(C)C)C(=O)O. The summed E-state index contributed by atoms with van der Waals surface area (Å²) in [5.41, 5.74) is 0. The monoisotopic (exact) mass is 1080 g/mol. The first-order valence-corrected chi connectivity index (χ1v) is 32.1. The first kappa shape index (κ1) is 73.7. The van der Waals surface area contributed by atoms with Crippen LogP contribution >= 0.6 is 0 Å². The molecule has 0 heterocycles. The first-order valence-electron chi connectivity index (χ1n) is 32.1. The number of likely N-dealkylation sites (N-methyl/N-ethyl adjacent to an activating group) is 1. The van der Waals surface area contributed by atoms with Gasteiger partial charge < -0.3 is 28.5 Å². The maximum Gasteiger partial charge on any atom is 0.361 e. The second-order valence-electron chi connectivity index (χ2n) is 22.7. The van der Waals surface area contributed by atoms with Crippen LogP contribution < -0.4 is 0 Å². The second kappa shape index (κ2) is 58.9. The highest BCUT2D eigenvalue weighted by molar-refractivity contribution is 5.71.